The fourth-order valence-electron chi connectivity index (χ4n) is 2.54. The molecule has 1 aromatic carbocycles. The minimum absolute atomic E-state index is 0.120. The van der Waals surface area contributed by atoms with E-state index in [1.165, 1.54) is 24.8 Å². The van der Waals surface area contributed by atoms with E-state index < -0.39 is 17.5 Å². The number of fused-ring (bicyclic) bond motifs is 1. The molecule has 9 heteroatoms. The molecular formula is C19H17N3O5S. The summed E-state index contributed by atoms with van der Waals surface area (Å²) in [6, 6.07) is 8.68. The van der Waals surface area contributed by atoms with E-state index >= 15 is 0 Å². The molecule has 0 atom stereocenters. The summed E-state index contributed by atoms with van der Waals surface area (Å²) in [5, 5.41) is 8.92. The Morgan fingerprint density at radius 3 is 2.64 bits per heavy atom. The van der Waals surface area contributed by atoms with Gasteiger partial charge in [0.2, 0.25) is 23.2 Å². The Labute approximate surface area is 164 Å². The number of amides is 2. The first-order valence-electron chi connectivity index (χ1n) is 8.51. The van der Waals surface area contributed by atoms with Gasteiger partial charge in [0, 0.05) is 25.2 Å². The number of ketones is 2. The van der Waals surface area contributed by atoms with Crippen molar-refractivity contribution in [1.29, 1.82) is 0 Å². The molecule has 1 aliphatic carbocycles. The van der Waals surface area contributed by atoms with Crippen molar-refractivity contribution in [2.45, 2.75) is 13.3 Å². The summed E-state index contributed by atoms with van der Waals surface area (Å²) < 4.78 is 4.96. The number of thioether (sulfide) groups is 1. The Hall–Kier alpha value is -3.20. The second-order valence-corrected chi connectivity index (χ2v) is 7.08. The number of benzene rings is 1. The van der Waals surface area contributed by atoms with E-state index in [-0.39, 0.29) is 27.8 Å². The zero-order valence-corrected chi connectivity index (χ0v) is 15.8. The topological polar surface area (TPSA) is 118 Å². The van der Waals surface area contributed by atoms with E-state index in [0.717, 1.165) is 0 Å². The van der Waals surface area contributed by atoms with Crippen LogP contribution in [0, 0.1) is 0 Å². The van der Waals surface area contributed by atoms with Gasteiger partial charge in [0.05, 0.1) is 4.91 Å². The van der Waals surface area contributed by atoms with Crippen LogP contribution in [0.5, 0.6) is 0 Å². The number of Topliss-reactive ketones (excluding diaryl/α,β-unsaturated/α-hetero) is 1. The highest BCUT2D eigenvalue weighted by Crippen LogP contribution is 2.31. The molecule has 0 saturated carbocycles. The van der Waals surface area contributed by atoms with Gasteiger partial charge in [-0.05, 0) is 24.3 Å². The highest BCUT2D eigenvalue weighted by molar-refractivity contribution is 8.04. The summed E-state index contributed by atoms with van der Waals surface area (Å²) in [5.41, 5.74) is 0.189. The van der Waals surface area contributed by atoms with Gasteiger partial charge < -0.3 is 15.2 Å². The lowest BCUT2D eigenvalue weighted by atomic mass is 9.99. The Kier molecular flexibility index (Phi) is 6.05. The van der Waals surface area contributed by atoms with Crippen LogP contribution in [0.2, 0.25) is 0 Å². The number of allylic oxidation sites excluding steroid dienone is 2. The molecule has 2 N–H and O–H groups in total. The van der Waals surface area contributed by atoms with E-state index in [0.29, 0.717) is 24.4 Å². The molecule has 2 amide bonds. The molecular weight excluding hydrogens is 382 g/mol. The quantitative estimate of drug-likeness (QED) is 0.687. The van der Waals surface area contributed by atoms with Gasteiger partial charge in [0.15, 0.2) is 5.69 Å². The lowest BCUT2D eigenvalue weighted by Crippen LogP contribution is -2.22. The lowest BCUT2D eigenvalue weighted by molar-refractivity contribution is -0.118. The van der Waals surface area contributed by atoms with Crippen molar-refractivity contribution in [3.05, 3.63) is 58.3 Å². The van der Waals surface area contributed by atoms with Crippen molar-refractivity contribution in [2.75, 3.05) is 17.6 Å². The van der Waals surface area contributed by atoms with Gasteiger partial charge in [-0.3, -0.25) is 19.2 Å². The zero-order chi connectivity index (χ0) is 20.1. The molecule has 1 heterocycles. The normalized spacial score (nSPS) is 13.0. The number of carbonyl (C=O) groups excluding carboxylic acids is 4. The van der Waals surface area contributed by atoms with E-state index in [2.05, 4.69) is 15.8 Å². The first kappa shape index (κ1) is 19.6. The fraction of sp³-hybridized carbons (Fsp3) is 0.211. The molecule has 0 radical (unpaired) electrons. The van der Waals surface area contributed by atoms with Gasteiger partial charge in [-0.25, -0.2) is 0 Å². The third kappa shape index (κ3) is 4.37. The summed E-state index contributed by atoms with van der Waals surface area (Å²) in [5.74, 6) is -1.45. The maximum absolute atomic E-state index is 12.8. The summed E-state index contributed by atoms with van der Waals surface area (Å²) in [7, 11) is 0. The third-order valence-corrected chi connectivity index (χ3v) is 4.94. The van der Waals surface area contributed by atoms with Crippen LogP contribution in [-0.2, 0) is 4.79 Å². The van der Waals surface area contributed by atoms with Crippen molar-refractivity contribution < 1.29 is 23.7 Å². The Bertz CT molecular complexity index is 965. The smallest absolute Gasteiger partial charge is 0.278 e. The van der Waals surface area contributed by atoms with Crippen molar-refractivity contribution in [3.63, 3.8) is 0 Å². The average Bonchev–Trinajstić information content (AvgIpc) is 3.12. The SMILES string of the molecule is CC(=O)NCCCSC1=CC(=O)c2onc(C(=O)Nc3ccccc3)c2C1=O. The molecule has 0 unspecified atom stereocenters. The van der Waals surface area contributed by atoms with Crippen LogP contribution in [0.15, 0.2) is 45.8 Å². The highest BCUT2D eigenvalue weighted by Gasteiger charge is 2.36. The van der Waals surface area contributed by atoms with E-state index in [9.17, 15) is 19.2 Å². The van der Waals surface area contributed by atoms with E-state index in [1.54, 1.807) is 30.3 Å². The number of nitrogens with zero attached hydrogens (tertiary/aromatic N) is 1. The Morgan fingerprint density at radius 2 is 1.93 bits per heavy atom. The average molecular weight is 399 g/mol. The number of hydrogen-bond acceptors (Lipinski definition) is 7. The molecule has 28 heavy (non-hydrogen) atoms. The van der Waals surface area contributed by atoms with Crippen LogP contribution < -0.4 is 10.6 Å². The highest BCUT2D eigenvalue weighted by atomic mass is 32.2. The van der Waals surface area contributed by atoms with Crippen molar-refractivity contribution in [3.8, 4) is 0 Å². The van der Waals surface area contributed by atoms with Gasteiger partial charge in [0.1, 0.15) is 5.56 Å². The second kappa shape index (κ2) is 8.66. The number of hydrogen-bond donors (Lipinski definition) is 2. The third-order valence-electron chi connectivity index (χ3n) is 3.83. The van der Waals surface area contributed by atoms with E-state index in [1.807, 2.05) is 0 Å². The van der Waals surface area contributed by atoms with Gasteiger partial charge in [-0.1, -0.05) is 23.4 Å². The van der Waals surface area contributed by atoms with Crippen LogP contribution in [-0.4, -0.2) is 40.8 Å². The summed E-state index contributed by atoms with van der Waals surface area (Å²) in [6.45, 7) is 1.90. The fourth-order valence-corrected chi connectivity index (χ4v) is 3.47. The number of rotatable bonds is 7. The number of carbonyl (C=O) groups is 4. The molecule has 1 aromatic heterocycles. The molecule has 0 fully saturated rings. The largest absolute Gasteiger partial charge is 0.356 e. The van der Waals surface area contributed by atoms with Crippen LogP contribution in [0.25, 0.3) is 0 Å². The maximum Gasteiger partial charge on any atom is 0.278 e. The summed E-state index contributed by atoms with van der Waals surface area (Å²) >= 11 is 1.19. The second-order valence-electron chi connectivity index (χ2n) is 5.94. The van der Waals surface area contributed by atoms with Crippen LogP contribution in [0.4, 0.5) is 5.69 Å². The molecule has 2 aromatic rings. The van der Waals surface area contributed by atoms with Gasteiger partial charge in [-0.15, -0.1) is 11.8 Å². The summed E-state index contributed by atoms with van der Waals surface area (Å²) in [4.78, 5) is 48.6. The van der Waals surface area contributed by atoms with E-state index in [4.69, 9.17) is 4.52 Å². The predicted molar refractivity (Wildman–Crippen MR) is 103 cm³/mol. The first-order chi connectivity index (χ1) is 13.5. The minimum Gasteiger partial charge on any atom is -0.356 e. The minimum atomic E-state index is -0.630. The Morgan fingerprint density at radius 1 is 1.18 bits per heavy atom. The van der Waals surface area contributed by atoms with Crippen LogP contribution in [0.1, 0.15) is 44.7 Å². The van der Waals surface area contributed by atoms with Crippen molar-refractivity contribution in [1.82, 2.24) is 10.5 Å². The van der Waals surface area contributed by atoms with Gasteiger partial charge in [0.25, 0.3) is 5.91 Å². The number of nitrogens with one attached hydrogen (secondary N) is 2. The molecule has 0 spiro atoms. The first-order valence-corrected chi connectivity index (χ1v) is 9.50. The zero-order valence-electron chi connectivity index (χ0n) is 15.0. The molecule has 1 aliphatic rings. The molecule has 0 saturated heterocycles. The van der Waals surface area contributed by atoms with Gasteiger partial charge in [-0.2, -0.15) is 0 Å². The van der Waals surface area contributed by atoms with Crippen LogP contribution in [0.3, 0.4) is 0 Å². The van der Waals surface area contributed by atoms with Crippen molar-refractivity contribution in [2.24, 2.45) is 0 Å². The molecule has 144 valence electrons. The summed E-state index contributed by atoms with van der Waals surface area (Å²) in [6.07, 6.45) is 1.82. The molecule has 8 nitrogen and oxygen atoms in total. The predicted octanol–water partition coefficient (Wildman–Crippen LogP) is 2.45. The van der Waals surface area contributed by atoms with Crippen LogP contribution >= 0.6 is 11.8 Å². The lowest BCUT2D eigenvalue weighted by Gasteiger charge is -2.11. The number of para-hydroxylation sites is 1. The van der Waals surface area contributed by atoms with Gasteiger partial charge >= 0.3 is 0 Å². The number of aromatic nitrogens is 1. The maximum atomic E-state index is 12.8. The molecule has 3 rings (SSSR count). The molecule has 0 aliphatic heterocycles. The standard InChI is InChI=1S/C19H17N3O5S/c1-11(23)20-8-5-9-28-14-10-13(24)18-15(17(14)25)16(22-27-18)19(26)21-12-6-3-2-4-7-12/h2-4,6-7,10H,5,8-9H2,1H3,(H,20,23)(H,21,26). The number of anilines is 1. The Balaban J connectivity index is 1.72. The monoisotopic (exact) mass is 399 g/mol. The van der Waals surface area contributed by atoms with Crippen molar-refractivity contribution >= 4 is 40.8 Å². The molecule has 0 bridgehead atoms.